The van der Waals surface area contributed by atoms with Gasteiger partial charge in [0.25, 0.3) is 0 Å². The highest BCUT2D eigenvalue weighted by atomic mass is 16.4. The molecule has 4 rings (SSSR count). The van der Waals surface area contributed by atoms with Gasteiger partial charge >= 0.3 is 6.09 Å². The summed E-state index contributed by atoms with van der Waals surface area (Å²) >= 11 is 0. The van der Waals surface area contributed by atoms with E-state index in [9.17, 15) is 15.0 Å². The second kappa shape index (κ2) is 7.34. The van der Waals surface area contributed by atoms with Crippen LogP contribution in [0.5, 0.6) is 5.75 Å². The lowest BCUT2D eigenvalue weighted by molar-refractivity contribution is 0.133. The average molecular weight is 378 g/mol. The molecule has 0 spiro atoms. The summed E-state index contributed by atoms with van der Waals surface area (Å²) in [6, 6.07) is 13.2. The van der Waals surface area contributed by atoms with E-state index in [1.165, 1.54) is 4.90 Å². The second-order valence-corrected chi connectivity index (χ2v) is 7.18. The third-order valence-electron chi connectivity index (χ3n) is 5.13. The highest BCUT2D eigenvalue weighted by Crippen LogP contribution is 2.35. The first kappa shape index (κ1) is 18.0. The summed E-state index contributed by atoms with van der Waals surface area (Å²) in [5.41, 5.74) is 2.22. The van der Waals surface area contributed by atoms with Crippen LogP contribution >= 0.6 is 0 Å². The van der Waals surface area contributed by atoms with Crippen LogP contribution in [-0.4, -0.2) is 50.5 Å². The number of likely N-dealkylation sites (tertiary alicyclic amines) is 1. The fourth-order valence-corrected chi connectivity index (χ4v) is 3.71. The van der Waals surface area contributed by atoms with Crippen molar-refractivity contribution in [2.75, 3.05) is 18.4 Å². The number of hydrogen-bond acceptors (Lipinski definition) is 5. The van der Waals surface area contributed by atoms with Crippen molar-refractivity contribution >= 4 is 22.7 Å². The molecule has 0 radical (unpaired) electrons. The summed E-state index contributed by atoms with van der Waals surface area (Å²) in [7, 11) is 0. The van der Waals surface area contributed by atoms with Gasteiger partial charge in [0.1, 0.15) is 11.4 Å². The summed E-state index contributed by atoms with van der Waals surface area (Å²) in [6.45, 7) is 2.91. The second-order valence-electron chi connectivity index (χ2n) is 7.18. The molecule has 0 bridgehead atoms. The molecule has 28 heavy (non-hydrogen) atoms. The number of carboxylic acid groups (broad SMARTS) is 1. The van der Waals surface area contributed by atoms with Gasteiger partial charge in [0.2, 0.25) is 0 Å². The lowest BCUT2D eigenvalue weighted by Crippen LogP contribution is -2.44. The van der Waals surface area contributed by atoms with E-state index in [2.05, 4.69) is 15.5 Å². The molecule has 1 fully saturated rings. The summed E-state index contributed by atoms with van der Waals surface area (Å²) in [4.78, 5) is 12.7. The predicted molar refractivity (Wildman–Crippen MR) is 108 cm³/mol. The third-order valence-corrected chi connectivity index (χ3v) is 5.13. The zero-order valence-electron chi connectivity index (χ0n) is 15.6. The molecule has 0 unspecified atom stereocenters. The Morgan fingerprint density at radius 3 is 2.71 bits per heavy atom. The van der Waals surface area contributed by atoms with Crippen LogP contribution in [0.25, 0.3) is 22.0 Å². The SMILES string of the molecule is Cc1ccc(-c2nnc(N[C@@H]3CCCN(C(=O)O)C3)c3ccccc23)c(O)c1. The topological polar surface area (TPSA) is 98.6 Å². The zero-order chi connectivity index (χ0) is 19.7. The molecule has 7 heteroatoms. The zero-order valence-corrected chi connectivity index (χ0v) is 15.6. The smallest absolute Gasteiger partial charge is 0.407 e. The number of hydrogen-bond donors (Lipinski definition) is 3. The van der Waals surface area contributed by atoms with Gasteiger partial charge in [-0.2, -0.15) is 0 Å². The molecule has 3 aromatic rings. The van der Waals surface area contributed by atoms with E-state index in [0.29, 0.717) is 30.2 Å². The molecule has 2 heterocycles. The van der Waals surface area contributed by atoms with Crippen LogP contribution in [0.4, 0.5) is 10.6 Å². The monoisotopic (exact) mass is 378 g/mol. The minimum atomic E-state index is -0.896. The number of anilines is 1. The van der Waals surface area contributed by atoms with Gasteiger partial charge < -0.3 is 20.4 Å². The minimum Gasteiger partial charge on any atom is -0.507 e. The number of phenolic OH excluding ortho intramolecular Hbond substituents is 1. The van der Waals surface area contributed by atoms with E-state index in [-0.39, 0.29) is 11.8 Å². The van der Waals surface area contributed by atoms with Gasteiger partial charge in [0, 0.05) is 35.5 Å². The Hall–Kier alpha value is -3.35. The van der Waals surface area contributed by atoms with Crippen molar-refractivity contribution in [1.29, 1.82) is 0 Å². The fourth-order valence-electron chi connectivity index (χ4n) is 3.71. The quantitative estimate of drug-likeness (QED) is 0.640. The van der Waals surface area contributed by atoms with Crippen LogP contribution in [-0.2, 0) is 0 Å². The highest BCUT2D eigenvalue weighted by Gasteiger charge is 2.24. The number of nitrogens with zero attached hydrogens (tertiary/aromatic N) is 3. The summed E-state index contributed by atoms with van der Waals surface area (Å²) in [5.74, 6) is 0.799. The van der Waals surface area contributed by atoms with E-state index < -0.39 is 6.09 Å². The molecule has 144 valence electrons. The summed E-state index contributed by atoms with van der Waals surface area (Å²) in [5, 5.41) is 33.5. The number of fused-ring (bicyclic) bond motifs is 1. The molecule has 1 saturated heterocycles. The van der Waals surface area contributed by atoms with E-state index in [1.807, 2.05) is 43.3 Å². The summed E-state index contributed by atoms with van der Waals surface area (Å²) < 4.78 is 0. The van der Waals surface area contributed by atoms with Gasteiger partial charge in [0.15, 0.2) is 5.82 Å². The number of aryl methyl sites for hydroxylation is 1. The Morgan fingerprint density at radius 1 is 1.18 bits per heavy atom. The van der Waals surface area contributed by atoms with Gasteiger partial charge in [-0.25, -0.2) is 4.79 Å². The number of rotatable bonds is 3. The van der Waals surface area contributed by atoms with Gasteiger partial charge in [-0.15, -0.1) is 10.2 Å². The van der Waals surface area contributed by atoms with Crippen molar-refractivity contribution < 1.29 is 15.0 Å². The number of benzene rings is 2. The molecule has 0 aliphatic carbocycles. The first-order valence-corrected chi connectivity index (χ1v) is 9.33. The average Bonchev–Trinajstić information content (AvgIpc) is 2.69. The molecule has 7 nitrogen and oxygen atoms in total. The van der Waals surface area contributed by atoms with Gasteiger partial charge in [-0.3, -0.25) is 0 Å². The van der Waals surface area contributed by atoms with Crippen molar-refractivity contribution in [1.82, 2.24) is 15.1 Å². The van der Waals surface area contributed by atoms with Crippen LogP contribution in [0.3, 0.4) is 0 Å². The number of carbonyl (C=O) groups is 1. The lowest BCUT2D eigenvalue weighted by Gasteiger charge is -2.31. The molecule has 1 amide bonds. The van der Waals surface area contributed by atoms with Crippen molar-refractivity contribution in [3.05, 3.63) is 48.0 Å². The maximum absolute atomic E-state index is 11.3. The van der Waals surface area contributed by atoms with E-state index in [0.717, 1.165) is 29.2 Å². The molecule has 1 aromatic heterocycles. The molecule has 1 atom stereocenters. The predicted octanol–water partition coefficient (Wildman–Crippen LogP) is 3.87. The van der Waals surface area contributed by atoms with Crippen LogP contribution in [0.2, 0.25) is 0 Å². The Kier molecular flexibility index (Phi) is 4.73. The maximum Gasteiger partial charge on any atom is 0.407 e. The molecule has 2 aromatic carbocycles. The molecule has 3 N–H and O–H groups in total. The lowest BCUT2D eigenvalue weighted by atomic mass is 10.0. The third kappa shape index (κ3) is 3.43. The van der Waals surface area contributed by atoms with Crippen molar-refractivity contribution in [3.8, 4) is 17.0 Å². The van der Waals surface area contributed by atoms with Crippen molar-refractivity contribution in [2.45, 2.75) is 25.8 Å². The number of aromatic hydroxyl groups is 1. The van der Waals surface area contributed by atoms with Crippen LogP contribution in [0.1, 0.15) is 18.4 Å². The minimum absolute atomic E-state index is 0.0128. The normalized spacial score (nSPS) is 16.9. The first-order valence-electron chi connectivity index (χ1n) is 9.33. The first-order chi connectivity index (χ1) is 13.5. The number of amides is 1. The van der Waals surface area contributed by atoms with E-state index in [4.69, 9.17) is 0 Å². The van der Waals surface area contributed by atoms with Crippen molar-refractivity contribution in [2.24, 2.45) is 0 Å². The van der Waals surface area contributed by atoms with Crippen molar-refractivity contribution in [3.63, 3.8) is 0 Å². The number of aromatic nitrogens is 2. The fraction of sp³-hybridized carbons (Fsp3) is 0.286. The number of piperidine rings is 1. The van der Waals surface area contributed by atoms with Gasteiger partial charge in [-0.05, 0) is 37.5 Å². The molecular formula is C21H22N4O3. The van der Waals surface area contributed by atoms with Crippen LogP contribution < -0.4 is 5.32 Å². The standard InChI is InChI=1S/C21H22N4O3/c1-13-8-9-17(18(26)11-13)19-15-6-2-3-7-16(15)20(24-23-19)22-14-5-4-10-25(12-14)21(27)28/h2-3,6-9,11,14,26H,4-5,10,12H2,1H3,(H,22,24)(H,27,28)/t14-/m1/s1. The van der Waals surface area contributed by atoms with Gasteiger partial charge in [-0.1, -0.05) is 30.3 Å². The number of nitrogens with one attached hydrogen (secondary N) is 1. The Morgan fingerprint density at radius 2 is 1.96 bits per heavy atom. The van der Waals surface area contributed by atoms with Crippen LogP contribution in [0, 0.1) is 6.92 Å². The van der Waals surface area contributed by atoms with Gasteiger partial charge in [0.05, 0.1) is 0 Å². The Bertz CT molecular complexity index is 1040. The maximum atomic E-state index is 11.3. The molecule has 1 aliphatic heterocycles. The van der Waals surface area contributed by atoms with Crippen LogP contribution in [0.15, 0.2) is 42.5 Å². The molecule has 0 saturated carbocycles. The Labute approximate surface area is 162 Å². The van der Waals surface area contributed by atoms with E-state index >= 15 is 0 Å². The molecular weight excluding hydrogens is 356 g/mol. The van der Waals surface area contributed by atoms with E-state index in [1.54, 1.807) is 6.07 Å². The highest BCUT2D eigenvalue weighted by molar-refractivity contribution is 6.00. The largest absolute Gasteiger partial charge is 0.507 e. The number of phenols is 1. The Balaban J connectivity index is 1.71. The molecule has 1 aliphatic rings. The summed E-state index contributed by atoms with van der Waals surface area (Å²) in [6.07, 6.45) is 0.790.